The first-order valence-corrected chi connectivity index (χ1v) is 11.9. The van der Waals surface area contributed by atoms with Crippen molar-refractivity contribution in [3.05, 3.63) is 167 Å². The molecule has 7 rings (SSSR count). The zero-order chi connectivity index (χ0) is 46.9. The van der Waals surface area contributed by atoms with Crippen LogP contribution in [0, 0.1) is 0 Å². The summed E-state index contributed by atoms with van der Waals surface area (Å²) in [6.45, 7) is 0. The molecule has 0 aliphatic rings. The molecule has 0 heterocycles. The third-order valence-corrected chi connectivity index (χ3v) is 6.38. The van der Waals surface area contributed by atoms with E-state index in [-0.39, 0.29) is 49.0 Å². The molecule has 0 saturated carbocycles. The monoisotopic (exact) mass is 522 g/mol. The first kappa shape index (κ1) is 9.21. The molecule has 0 aromatic heterocycles. The Balaban J connectivity index is 1.59. The van der Waals surface area contributed by atoms with Crippen LogP contribution in [0.2, 0.25) is 0 Å². The van der Waals surface area contributed by atoms with Crippen LogP contribution in [0.1, 0.15) is 55.2 Å². The van der Waals surface area contributed by atoms with Crippen molar-refractivity contribution in [2.24, 2.45) is 0 Å². The minimum atomic E-state index is -0.831. The zero-order valence-corrected chi connectivity index (χ0v) is 20.1. The van der Waals surface area contributed by atoms with Crippen molar-refractivity contribution in [1.29, 1.82) is 0 Å². The molecule has 0 unspecified atom stereocenters. The maximum absolute atomic E-state index is 9.15. The predicted molar refractivity (Wildman–Crippen MR) is 167 cm³/mol. The lowest BCUT2D eigenvalue weighted by Crippen LogP contribution is -1.99. The molecule has 0 aliphatic heterocycles. The number of rotatable bonds is 6. The smallest absolute Gasteiger partial charge is 0.0622 e. The van der Waals surface area contributed by atoms with E-state index in [4.69, 9.17) is 32.9 Å². The summed E-state index contributed by atoms with van der Waals surface area (Å²) in [7, 11) is 0. The van der Waals surface area contributed by atoms with Gasteiger partial charge in [-0.3, -0.25) is 0 Å². The lowest BCUT2D eigenvalue weighted by atomic mass is 9.86. The number of fused-ring (bicyclic) bond motifs is 3. The topological polar surface area (TPSA) is 0 Å². The highest BCUT2D eigenvalue weighted by molar-refractivity contribution is 6.06. The minimum Gasteiger partial charge on any atom is -0.0622 e. The molecule has 0 aliphatic carbocycles. The number of aryl methyl sites for hydroxylation is 2. The Morgan fingerprint density at radius 3 is 1.56 bits per heavy atom. The molecule has 0 bridgehead atoms. The van der Waals surface area contributed by atoms with E-state index in [1.807, 2.05) is 0 Å². The van der Waals surface area contributed by atoms with Crippen molar-refractivity contribution in [2.45, 2.75) is 19.3 Å². The Kier molecular flexibility index (Phi) is 2.42. The van der Waals surface area contributed by atoms with Gasteiger partial charge in [-0.2, -0.15) is 0 Å². The molecule has 0 atom stereocenters. The van der Waals surface area contributed by atoms with Gasteiger partial charge in [0.15, 0.2) is 0 Å². The zero-order valence-electron chi connectivity index (χ0n) is 44.1. The molecule has 0 radical (unpaired) electrons. The normalized spacial score (nSPS) is 20.0. The van der Waals surface area contributed by atoms with Crippen LogP contribution >= 0.6 is 0 Å². The first-order chi connectivity index (χ1) is 29.3. The Morgan fingerprint density at radius 2 is 0.897 bits per heavy atom. The second-order valence-electron chi connectivity index (χ2n) is 8.59. The Morgan fingerprint density at radius 1 is 0.385 bits per heavy atom. The lowest BCUT2D eigenvalue weighted by molar-refractivity contribution is 0.986. The third-order valence-electron chi connectivity index (χ3n) is 6.38. The van der Waals surface area contributed by atoms with Gasteiger partial charge in [0.05, 0.1) is 32.9 Å². The van der Waals surface area contributed by atoms with E-state index in [9.17, 15) is 0 Å². The molecular formula is C39H30. The lowest BCUT2D eigenvalue weighted by Gasteiger charge is -2.18. The Hall–Kier alpha value is -4.68. The van der Waals surface area contributed by atoms with Crippen molar-refractivity contribution in [1.82, 2.24) is 0 Å². The summed E-state index contributed by atoms with van der Waals surface area (Å²) in [4.78, 5) is 0. The van der Waals surface area contributed by atoms with Gasteiger partial charge >= 0.3 is 0 Å². The summed E-state index contributed by atoms with van der Waals surface area (Å²) in [5.41, 5.74) is -2.19. The molecular weight excluding hydrogens is 468 g/mol. The van der Waals surface area contributed by atoms with E-state index < -0.39 is 181 Å². The van der Waals surface area contributed by atoms with Gasteiger partial charge in [-0.15, -0.1) is 0 Å². The average molecular weight is 523 g/mol. The van der Waals surface area contributed by atoms with Crippen molar-refractivity contribution < 1.29 is 32.9 Å². The van der Waals surface area contributed by atoms with E-state index in [1.54, 1.807) is 0 Å². The Bertz CT molecular complexity index is 3100. The van der Waals surface area contributed by atoms with Crippen molar-refractivity contribution in [3.63, 3.8) is 0 Å². The maximum atomic E-state index is 9.15. The van der Waals surface area contributed by atoms with Crippen LogP contribution < -0.4 is 0 Å². The van der Waals surface area contributed by atoms with Crippen LogP contribution in [0.15, 0.2) is 145 Å². The highest BCUT2D eigenvalue weighted by atomic mass is 14.2. The summed E-state index contributed by atoms with van der Waals surface area (Å²) in [6, 6.07) is -17.6. The van der Waals surface area contributed by atoms with Crippen LogP contribution in [0.3, 0.4) is 0 Å². The largest absolute Gasteiger partial charge is 0.0629 e. The van der Waals surface area contributed by atoms with Gasteiger partial charge in [-0.25, -0.2) is 0 Å². The van der Waals surface area contributed by atoms with E-state index in [0.29, 0.717) is 0 Å². The molecule has 0 amide bonds. The van der Waals surface area contributed by atoms with Crippen molar-refractivity contribution in [2.75, 3.05) is 0 Å². The summed E-state index contributed by atoms with van der Waals surface area (Å²) in [6.07, 6.45) is -1.58. The highest BCUT2D eigenvalue weighted by Gasteiger charge is 2.15. The quantitative estimate of drug-likeness (QED) is 0.191. The van der Waals surface area contributed by atoms with Gasteiger partial charge in [0.1, 0.15) is 0 Å². The van der Waals surface area contributed by atoms with Gasteiger partial charge in [-0.1, -0.05) is 145 Å². The standard InChI is InChI=1S/C39H30/c1-2-11-29(12-3-1)30-23-21-28(22-24-30)27-39-36-19-8-6-17-34(36)38(35-18-7-9-20-37(35)39)26-25-32-15-10-14-31-13-4-5-16-33(31)32/h1-24H,25-27H2/i1D,2D,3D,4D,5D,6D,7D,8D,9D,10D,11D,12D,13D,14D,15D,16D,17D,18D,19D,20D,21D,22D,23D,24D. The number of hydrogen-bond acceptors (Lipinski definition) is 0. The molecule has 0 nitrogen and oxygen atoms in total. The van der Waals surface area contributed by atoms with Gasteiger partial charge in [0, 0.05) is 0 Å². The summed E-state index contributed by atoms with van der Waals surface area (Å²) in [5, 5.41) is -1.85. The number of hydrogen-bond donors (Lipinski definition) is 0. The molecule has 186 valence electrons. The molecule has 0 heteroatoms. The van der Waals surface area contributed by atoms with Crippen LogP contribution in [0.4, 0.5) is 0 Å². The van der Waals surface area contributed by atoms with Gasteiger partial charge in [0.25, 0.3) is 0 Å². The van der Waals surface area contributed by atoms with E-state index in [0.717, 1.165) is 0 Å². The number of benzene rings is 7. The highest BCUT2D eigenvalue weighted by Crippen LogP contribution is 2.36. The molecule has 0 N–H and O–H groups in total. The first-order valence-electron chi connectivity index (χ1n) is 23.9. The predicted octanol–water partition coefficient (Wildman–Crippen LogP) is 10.2. The van der Waals surface area contributed by atoms with Crippen LogP contribution in [-0.4, -0.2) is 0 Å². The summed E-state index contributed by atoms with van der Waals surface area (Å²) < 4.78 is 208. The molecule has 39 heavy (non-hydrogen) atoms. The average Bonchev–Trinajstić information content (AvgIpc) is 3.26. The van der Waals surface area contributed by atoms with Gasteiger partial charge in [-0.05, 0) is 85.0 Å². The fourth-order valence-electron chi connectivity index (χ4n) is 4.61. The fourth-order valence-corrected chi connectivity index (χ4v) is 4.61. The molecule has 0 fully saturated rings. The molecule has 0 saturated heterocycles. The minimum absolute atomic E-state index is 0.117. The molecule has 0 spiro atoms. The van der Waals surface area contributed by atoms with E-state index in [1.165, 1.54) is 0 Å². The van der Waals surface area contributed by atoms with E-state index >= 15 is 0 Å². The van der Waals surface area contributed by atoms with Crippen LogP contribution in [0.25, 0.3) is 43.4 Å². The third kappa shape index (κ3) is 4.49. The second-order valence-corrected chi connectivity index (χ2v) is 8.59. The van der Waals surface area contributed by atoms with Gasteiger partial charge in [0.2, 0.25) is 0 Å². The molecule has 7 aromatic rings. The second kappa shape index (κ2) is 10.2. The maximum Gasteiger partial charge on any atom is 0.0629 e. The van der Waals surface area contributed by atoms with E-state index in [2.05, 4.69) is 0 Å². The van der Waals surface area contributed by atoms with Crippen LogP contribution in [0.5, 0.6) is 0 Å². The fraction of sp³-hybridized carbons (Fsp3) is 0.0769. The van der Waals surface area contributed by atoms with Crippen LogP contribution in [-0.2, 0) is 19.3 Å². The van der Waals surface area contributed by atoms with Crippen molar-refractivity contribution in [3.8, 4) is 11.1 Å². The SMILES string of the molecule is [2H]c1c([2H])c([2H])c(-c2c([2H])c([2H])c(Cc3c4c([2H])c([2H])c([2H])c([2H])c4c(CCc4c([2H])c([2H])c([2H])c5c([2H])c([2H])c([2H])c([2H])c45)c4c([2H])c([2H])c([2H])c([2H])c34)c([2H])c2[2H])c([2H])c1[2H]. The van der Waals surface area contributed by atoms with Gasteiger partial charge < -0.3 is 0 Å². The summed E-state index contributed by atoms with van der Waals surface area (Å²) >= 11 is 0. The molecule has 7 aromatic carbocycles. The Labute approximate surface area is 263 Å². The van der Waals surface area contributed by atoms with Crippen molar-refractivity contribution >= 4 is 32.3 Å². The summed E-state index contributed by atoms with van der Waals surface area (Å²) in [5.74, 6) is 0.